The molecule has 1 fully saturated rings. The maximum Gasteiger partial charge on any atom is 0.352 e. The summed E-state index contributed by atoms with van der Waals surface area (Å²) in [5, 5.41) is 12.1. The lowest BCUT2D eigenvalue weighted by atomic mass is 9.47. The van der Waals surface area contributed by atoms with Crippen LogP contribution in [0, 0.1) is 5.92 Å². The third-order valence-electron chi connectivity index (χ3n) is 7.99. The summed E-state index contributed by atoms with van der Waals surface area (Å²) in [6.45, 7) is 3.93. The normalized spacial score (nSPS) is 31.2. The molecule has 3 aliphatic carbocycles. The predicted molar refractivity (Wildman–Crippen MR) is 121 cm³/mol. The molecule has 0 amide bonds. The fourth-order valence-corrected chi connectivity index (χ4v) is 6.50. The van der Waals surface area contributed by atoms with Gasteiger partial charge in [-0.3, -0.25) is 4.79 Å². The topological polar surface area (TPSA) is 118 Å². The maximum absolute atomic E-state index is 12.9. The molecule has 0 saturated heterocycles. The quantitative estimate of drug-likeness (QED) is 0.478. The minimum absolute atomic E-state index is 0.0744. The number of carbonyl (C=O) groups excluding carboxylic acids is 3. The molecule has 5 rings (SSSR count). The Morgan fingerprint density at radius 1 is 1.14 bits per heavy atom. The number of benzene rings is 1. The van der Waals surface area contributed by atoms with Crippen LogP contribution in [0.3, 0.4) is 0 Å². The van der Waals surface area contributed by atoms with E-state index in [2.05, 4.69) is 0 Å². The van der Waals surface area contributed by atoms with Crippen molar-refractivity contribution < 1.29 is 43.2 Å². The van der Waals surface area contributed by atoms with E-state index in [-0.39, 0.29) is 5.92 Å². The van der Waals surface area contributed by atoms with Crippen molar-refractivity contribution in [2.24, 2.45) is 5.92 Å². The van der Waals surface area contributed by atoms with Crippen LogP contribution in [0.2, 0.25) is 0 Å². The van der Waals surface area contributed by atoms with Crippen molar-refractivity contribution in [3.8, 4) is 11.5 Å². The number of hydrogen-bond acceptors (Lipinski definition) is 9. The molecule has 0 radical (unpaired) electrons. The molecule has 1 spiro atoms. The van der Waals surface area contributed by atoms with Crippen LogP contribution in [-0.4, -0.2) is 54.0 Å². The highest BCUT2D eigenvalue weighted by molar-refractivity contribution is 5.83. The molecule has 2 bridgehead atoms. The summed E-state index contributed by atoms with van der Waals surface area (Å²) in [4.78, 5) is 36.1. The number of hydrogen-bond donors (Lipinski definition) is 1. The van der Waals surface area contributed by atoms with Gasteiger partial charge in [-0.1, -0.05) is 12.5 Å². The fourth-order valence-electron chi connectivity index (χ4n) is 6.50. The molecule has 1 aromatic carbocycles. The third kappa shape index (κ3) is 3.35. The van der Waals surface area contributed by atoms with Crippen LogP contribution in [0.5, 0.6) is 11.5 Å². The molecule has 4 aliphatic rings. The molecular formula is C26H30O9. The highest BCUT2D eigenvalue weighted by Crippen LogP contribution is 2.67. The highest BCUT2D eigenvalue weighted by Gasteiger charge is 2.71. The Labute approximate surface area is 203 Å². The van der Waals surface area contributed by atoms with E-state index in [1.165, 1.54) is 20.8 Å². The van der Waals surface area contributed by atoms with Crippen molar-refractivity contribution in [1.29, 1.82) is 0 Å². The van der Waals surface area contributed by atoms with Crippen molar-refractivity contribution in [2.45, 2.75) is 82.2 Å². The van der Waals surface area contributed by atoms with E-state index in [0.717, 1.165) is 30.4 Å². The summed E-state index contributed by atoms with van der Waals surface area (Å²) < 4.78 is 27.7. The van der Waals surface area contributed by atoms with E-state index in [0.29, 0.717) is 30.1 Å². The lowest BCUT2D eigenvalue weighted by Crippen LogP contribution is -2.67. The molecule has 188 valence electrons. The zero-order valence-corrected chi connectivity index (χ0v) is 20.3. The lowest BCUT2D eigenvalue weighted by molar-refractivity contribution is -0.178. The van der Waals surface area contributed by atoms with E-state index in [9.17, 15) is 19.5 Å². The van der Waals surface area contributed by atoms with Crippen LogP contribution in [0.15, 0.2) is 24.0 Å². The van der Waals surface area contributed by atoms with Crippen LogP contribution in [0.25, 0.3) is 0 Å². The van der Waals surface area contributed by atoms with Crippen LogP contribution in [0.1, 0.15) is 57.6 Å². The molecule has 6 atom stereocenters. The number of esters is 3. The van der Waals surface area contributed by atoms with Crippen LogP contribution < -0.4 is 9.47 Å². The maximum atomic E-state index is 12.9. The Kier molecular flexibility index (Phi) is 5.58. The van der Waals surface area contributed by atoms with Gasteiger partial charge in [0.05, 0.1) is 18.1 Å². The molecule has 1 heterocycles. The lowest BCUT2D eigenvalue weighted by Gasteiger charge is -2.59. The Balaban J connectivity index is 1.43. The number of carbonyl (C=O) groups is 3. The van der Waals surface area contributed by atoms with Crippen molar-refractivity contribution >= 4 is 17.9 Å². The zero-order valence-electron chi connectivity index (χ0n) is 20.3. The number of ether oxygens (including phenoxy) is 5. The molecule has 1 saturated carbocycles. The van der Waals surface area contributed by atoms with Gasteiger partial charge in [0.25, 0.3) is 0 Å². The molecule has 1 aliphatic heterocycles. The molecule has 1 N–H and O–H groups in total. The summed E-state index contributed by atoms with van der Waals surface area (Å²) in [6.07, 6.45) is 2.25. The molecule has 9 heteroatoms. The molecule has 35 heavy (non-hydrogen) atoms. The van der Waals surface area contributed by atoms with Gasteiger partial charge in [0.2, 0.25) is 0 Å². The molecule has 0 unspecified atom stereocenters. The number of aliphatic hydroxyl groups is 1. The van der Waals surface area contributed by atoms with E-state index in [1.54, 1.807) is 13.2 Å². The smallest absolute Gasteiger partial charge is 0.352 e. The van der Waals surface area contributed by atoms with Crippen molar-refractivity contribution in [3.05, 3.63) is 35.1 Å². The summed E-state index contributed by atoms with van der Waals surface area (Å²) in [7, 11) is 1.57. The standard InChI is InChI=1S/C26H30O9/c1-13(32-15(3)27)23(28)33-14(2)24(29)34-19-9-11-26(30)17-6-5-10-25(26)20-16(12-17)7-8-18(31-4)21(20)35-22(19)25/h7-9,13-14,17,22,30H,5-6,10-12H2,1-4H3/t13-,14-,17-,22+,25+,26-/m0/s1. The summed E-state index contributed by atoms with van der Waals surface area (Å²) in [5.74, 6) is -0.728. The van der Waals surface area contributed by atoms with Gasteiger partial charge in [0.15, 0.2) is 29.8 Å². The zero-order chi connectivity index (χ0) is 25.1. The van der Waals surface area contributed by atoms with Crippen LogP contribution in [-0.2, 0) is 40.4 Å². The number of methoxy groups -OCH3 is 1. The predicted octanol–water partition coefficient (Wildman–Crippen LogP) is 2.50. The molecule has 1 aromatic rings. The second-order valence-electron chi connectivity index (χ2n) is 9.88. The monoisotopic (exact) mass is 486 g/mol. The van der Waals surface area contributed by atoms with Gasteiger partial charge in [0, 0.05) is 12.5 Å². The highest BCUT2D eigenvalue weighted by atomic mass is 16.6. The van der Waals surface area contributed by atoms with Gasteiger partial charge >= 0.3 is 17.9 Å². The minimum Gasteiger partial charge on any atom is -0.493 e. The fraction of sp³-hybridized carbons (Fsp3) is 0.577. The van der Waals surface area contributed by atoms with E-state index in [4.69, 9.17) is 23.7 Å². The summed E-state index contributed by atoms with van der Waals surface area (Å²) >= 11 is 0. The van der Waals surface area contributed by atoms with Gasteiger partial charge in [-0.05, 0) is 63.2 Å². The Morgan fingerprint density at radius 3 is 2.60 bits per heavy atom. The average Bonchev–Trinajstić information content (AvgIpc) is 3.15. The van der Waals surface area contributed by atoms with Crippen molar-refractivity contribution in [2.75, 3.05) is 7.11 Å². The Bertz CT molecular complexity index is 1120. The van der Waals surface area contributed by atoms with E-state index >= 15 is 0 Å². The molecule has 9 nitrogen and oxygen atoms in total. The van der Waals surface area contributed by atoms with Gasteiger partial charge in [0.1, 0.15) is 5.76 Å². The first-order valence-electron chi connectivity index (χ1n) is 12.0. The Morgan fingerprint density at radius 2 is 1.89 bits per heavy atom. The van der Waals surface area contributed by atoms with Crippen LogP contribution in [0.4, 0.5) is 0 Å². The number of rotatable bonds is 6. The van der Waals surface area contributed by atoms with Gasteiger partial charge in [-0.15, -0.1) is 0 Å². The largest absolute Gasteiger partial charge is 0.493 e. The minimum atomic E-state index is -1.24. The first-order valence-corrected chi connectivity index (χ1v) is 12.0. The third-order valence-corrected chi connectivity index (χ3v) is 7.99. The average molecular weight is 487 g/mol. The van der Waals surface area contributed by atoms with Crippen molar-refractivity contribution in [1.82, 2.24) is 0 Å². The first kappa shape index (κ1) is 23.7. The second kappa shape index (κ2) is 8.26. The van der Waals surface area contributed by atoms with Gasteiger partial charge in [-0.25, -0.2) is 9.59 Å². The van der Waals surface area contributed by atoms with Gasteiger partial charge in [-0.2, -0.15) is 0 Å². The van der Waals surface area contributed by atoms with Crippen LogP contribution >= 0.6 is 0 Å². The summed E-state index contributed by atoms with van der Waals surface area (Å²) in [6, 6.07) is 3.92. The van der Waals surface area contributed by atoms with Crippen molar-refractivity contribution in [3.63, 3.8) is 0 Å². The first-order chi connectivity index (χ1) is 16.6. The SMILES string of the molecule is COc1ccc2c3c1O[C@@H]1C(OC(=O)[C@H](C)OC(=O)[C@H](C)OC(C)=O)=CC[C@]4(O)[C@@H](CCC[C@@]314)C2. The summed E-state index contributed by atoms with van der Waals surface area (Å²) in [5.41, 5.74) is 0.318. The van der Waals surface area contributed by atoms with E-state index in [1.807, 2.05) is 12.1 Å². The Hall–Kier alpha value is -3.07. The molecular weight excluding hydrogens is 456 g/mol. The molecule has 0 aromatic heterocycles. The van der Waals surface area contributed by atoms with E-state index < -0.39 is 47.2 Å². The second-order valence-corrected chi connectivity index (χ2v) is 9.88. The van der Waals surface area contributed by atoms with Gasteiger partial charge < -0.3 is 28.8 Å².